The van der Waals surface area contributed by atoms with Crippen molar-refractivity contribution in [1.29, 1.82) is 0 Å². The van der Waals surface area contributed by atoms with Gasteiger partial charge in [0.05, 0.1) is 12.5 Å². The highest BCUT2D eigenvalue weighted by molar-refractivity contribution is 5.90. The molecule has 2 fully saturated rings. The first-order valence-electron chi connectivity index (χ1n) is 8.42. The Kier molecular flexibility index (Phi) is 2.45. The number of ether oxygens (including phenoxy) is 2. The molecule has 0 radical (unpaired) electrons. The normalized spacial score (nSPS) is 40.6. The van der Waals surface area contributed by atoms with Crippen molar-refractivity contribution in [3.8, 4) is 11.5 Å². The monoisotopic (exact) mass is 314 g/mol. The lowest BCUT2D eigenvalue weighted by Gasteiger charge is -2.63. The number of hydrogen-bond donors (Lipinski definition) is 1. The molecule has 2 aliphatic carbocycles. The van der Waals surface area contributed by atoms with Gasteiger partial charge in [-0.05, 0) is 44.5 Å². The first-order valence-corrected chi connectivity index (χ1v) is 8.42. The number of benzene rings is 1. The van der Waals surface area contributed by atoms with E-state index in [-0.39, 0.29) is 17.2 Å². The van der Waals surface area contributed by atoms with E-state index in [0.29, 0.717) is 6.42 Å². The molecule has 5 nitrogen and oxygen atoms in total. The second-order valence-electron chi connectivity index (χ2n) is 7.56. The highest BCUT2D eigenvalue weighted by atomic mass is 16.5. The van der Waals surface area contributed by atoms with Crippen LogP contribution < -0.4 is 15.2 Å². The zero-order valence-electron chi connectivity index (χ0n) is 13.6. The number of hydrogen-bond acceptors (Lipinski definition) is 5. The second kappa shape index (κ2) is 4.08. The zero-order valence-corrected chi connectivity index (χ0v) is 13.6. The summed E-state index contributed by atoms with van der Waals surface area (Å²) in [5.74, 6) is 1.68. The van der Waals surface area contributed by atoms with Crippen LogP contribution in [0.2, 0.25) is 0 Å². The maximum Gasteiger partial charge on any atom is 0.174 e. The van der Waals surface area contributed by atoms with Gasteiger partial charge < -0.3 is 20.1 Å². The van der Waals surface area contributed by atoms with Crippen LogP contribution in [0.25, 0.3) is 0 Å². The van der Waals surface area contributed by atoms with Gasteiger partial charge in [-0.1, -0.05) is 6.07 Å². The van der Waals surface area contributed by atoms with Crippen LogP contribution >= 0.6 is 0 Å². The fourth-order valence-corrected chi connectivity index (χ4v) is 5.79. The Morgan fingerprint density at radius 3 is 3.00 bits per heavy atom. The van der Waals surface area contributed by atoms with Crippen molar-refractivity contribution in [2.24, 2.45) is 5.73 Å². The van der Waals surface area contributed by atoms with E-state index in [1.807, 2.05) is 6.07 Å². The predicted molar refractivity (Wildman–Crippen MR) is 85.0 cm³/mol. The lowest BCUT2D eigenvalue weighted by Crippen LogP contribution is -2.79. The largest absolute Gasteiger partial charge is 0.493 e. The van der Waals surface area contributed by atoms with Crippen LogP contribution in [-0.4, -0.2) is 49.1 Å². The number of piperidine rings is 1. The minimum Gasteiger partial charge on any atom is -0.493 e. The number of rotatable bonds is 1. The standard InChI is InChI=1S/C18H22N2O3/c1-20-8-7-17-14-10-3-4-12(22-2)15(14)23-16(17)11(21)5-6-18(17,19)13(20)9-10/h3-4,13,16H,5-9,19H2,1-2H3/t13-,16+,17+,18-/m1/s1. The van der Waals surface area contributed by atoms with Gasteiger partial charge in [0.15, 0.2) is 23.4 Å². The van der Waals surface area contributed by atoms with E-state index in [1.165, 1.54) is 11.1 Å². The van der Waals surface area contributed by atoms with Crippen molar-refractivity contribution >= 4 is 5.78 Å². The van der Waals surface area contributed by atoms with E-state index in [0.717, 1.165) is 37.3 Å². The van der Waals surface area contributed by atoms with E-state index in [1.54, 1.807) is 7.11 Å². The van der Waals surface area contributed by atoms with Crippen LogP contribution in [0.1, 0.15) is 30.4 Å². The molecule has 1 aromatic carbocycles. The smallest absolute Gasteiger partial charge is 0.174 e. The van der Waals surface area contributed by atoms with Crippen LogP contribution in [-0.2, 0) is 16.6 Å². The van der Waals surface area contributed by atoms with Gasteiger partial charge >= 0.3 is 0 Å². The van der Waals surface area contributed by atoms with Gasteiger partial charge in [0.1, 0.15) is 0 Å². The van der Waals surface area contributed by atoms with E-state index < -0.39 is 11.6 Å². The molecule has 2 aliphatic heterocycles. The van der Waals surface area contributed by atoms with E-state index >= 15 is 0 Å². The summed E-state index contributed by atoms with van der Waals surface area (Å²) in [5.41, 5.74) is 8.74. The van der Waals surface area contributed by atoms with Crippen molar-refractivity contribution in [3.63, 3.8) is 0 Å². The SMILES string of the molecule is COc1ccc2c3c1O[C@H]1C(=O)CC[C@@]4(N)[C@@H](C2)N(C)CC[C@]314. The quantitative estimate of drug-likeness (QED) is 0.838. The van der Waals surface area contributed by atoms with E-state index in [4.69, 9.17) is 15.2 Å². The van der Waals surface area contributed by atoms with Crippen LogP contribution in [0.3, 0.4) is 0 Å². The van der Waals surface area contributed by atoms with E-state index in [9.17, 15) is 4.79 Å². The summed E-state index contributed by atoms with van der Waals surface area (Å²) in [5, 5.41) is 0. The fraction of sp³-hybridized carbons (Fsp3) is 0.611. The number of Topliss-reactive ketones (excluding diaryl/α,β-unsaturated/α-hetero) is 1. The third-order valence-corrected chi connectivity index (χ3v) is 6.86. The van der Waals surface area contributed by atoms with Crippen molar-refractivity contribution in [2.45, 2.75) is 48.8 Å². The Bertz CT molecular complexity index is 733. The summed E-state index contributed by atoms with van der Waals surface area (Å²) in [4.78, 5) is 15.1. The lowest BCUT2D eigenvalue weighted by atomic mass is 9.48. The number of likely N-dealkylation sites (tertiary alicyclic amines) is 1. The summed E-state index contributed by atoms with van der Waals surface area (Å²) >= 11 is 0. The van der Waals surface area contributed by atoms with E-state index in [2.05, 4.69) is 18.0 Å². The molecule has 0 amide bonds. The summed E-state index contributed by atoms with van der Waals surface area (Å²) in [6.45, 7) is 0.951. The molecule has 1 saturated heterocycles. The third-order valence-electron chi connectivity index (χ3n) is 6.86. The number of nitrogens with two attached hydrogens (primary N) is 1. The van der Waals surface area contributed by atoms with Gasteiger partial charge in [0.25, 0.3) is 0 Å². The Labute approximate surface area is 135 Å². The maximum absolute atomic E-state index is 12.7. The zero-order chi connectivity index (χ0) is 16.0. The predicted octanol–water partition coefficient (Wildman–Crippen LogP) is 1.01. The van der Waals surface area contributed by atoms with Gasteiger partial charge in [-0.25, -0.2) is 0 Å². The van der Waals surface area contributed by atoms with Crippen molar-refractivity contribution in [3.05, 3.63) is 23.3 Å². The number of nitrogens with zero attached hydrogens (tertiary/aromatic N) is 1. The molecular weight excluding hydrogens is 292 g/mol. The molecule has 5 rings (SSSR count). The van der Waals surface area contributed by atoms with Gasteiger partial charge in [0, 0.05) is 23.6 Å². The molecule has 1 saturated carbocycles. The summed E-state index contributed by atoms with van der Waals surface area (Å²) in [6, 6.07) is 4.37. The minimum absolute atomic E-state index is 0.195. The van der Waals surface area contributed by atoms with Gasteiger partial charge in [-0.2, -0.15) is 0 Å². The molecule has 2 heterocycles. The summed E-state index contributed by atoms with van der Waals surface area (Å²) in [7, 11) is 3.81. The third kappa shape index (κ3) is 1.32. The number of ketones is 1. The van der Waals surface area contributed by atoms with Gasteiger partial charge in [-0.15, -0.1) is 0 Å². The topological polar surface area (TPSA) is 64.8 Å². The fourth-order valence-electron chi connectivity index (χ4n) is 5.79. The first-order chi connectivity index (χ1) is 11.0. The lowest BCUT2D eigenvalue weighted by molar-refractivity contribution is -0.140. The van der Waals surface area contributed by atoms with Crippen LogP contribution in [0.5, 0.6) is 11.5 Å². The molecular formula is C18H22N2O3. The van der Waals surface area contributed by atoms with Crippen LogP contribution in [0.15, 0.2) is 12.1 Å². The Morgan fingerprint density at radius 2 is 2.22 bits per heavy atom. The van der Waals surface area contributed by atoms with Gasteiger partial charge in [0.2, 0.25) is 0 Å². The maximum atomic E-state index is 12.7. The number of carbonyl (C=O) groups excluding carboxylic acids is 1. The summed E-state index contributed by atoms with van der Waals surface area (Å²) < 4.78 is 11.8. The minimum atomic E-state index is -0.442. The molecule has 1 spiro atoms. The highest BCUT2D eigenvalue weighted by Crippen LogP contribution is 2.63. The summed E-state index contributed by atoms with van der Waals surface area (Å²) in [6.07, 6.45) is 2.61. The number of likely N-dealkylation sites (N-methyl/N-ethyl adjacent to an activating group) is 1. The molecule has 5 heteroatoms. The van der Waals surface area contributed by atoms with Crippen molar-refractivity contribution < 1.29 is 14.3 Å². The highest BCUT2D eigenvalue weighted by Gasteiger charge is 2.71. The Morgan fingerprint density at radius 1 is 1.39 bits per heavy atom. The second-order valence-corrected chi connectivity index (χ2v) is 7.56. The molecule has 23 heavy (non-hydrogen) atoms. The molecule has 0 aromatic heterocycles. The molecule has 1 aromatic rings. The van der Waals surface area contributed by atoms with Gasteiger partial charge in [-0.3, -0.25) is 4.79 Å². The molecule has 4 atom stereocenters. The average Bonchev–Trinajstić information content (AvgIpc) is 2.90. The van der Waals surface area contributed by atoms with Crippen molar-refractivity contribution in [1.82, 2.24) is 4.90 Å². The molecule has 4 aliphatic rings. The molecule has 2 bridgehead atoms. The Balaban J connectivity index is 1.86. The van der Waals surface area contributed by atoms with Crippen LogP contribution in [0.4, 0.5) is 0 Å². The molecule has 2 N–H and O–H groups in total. The van der Waals surface area contributed by atoms with Crippen molar-refractivity contribution in [2.75, 3.05) is 20.7 Å². The van der Waals surface area contributed by atoms with Crippen LogP contribution in [0, 0.1) is 0 Å². The number of methoxy groups -OCH3 is 1. The molecule has 122 valence electrons. The molecule has 0 unspecified atom stereocenters. The first kappa shape index (κ1) is 13.8. The Hall–Kier alpha value is -1.59. The average molecular weight is 314 g/mol. The number of carbonyl (C=O) groups is 1.